The number of hydrogen-bond donors (Lipinski definition) is 0. The highest BCUT2D eigenvalue weighted by Gasteiger charge is 2.55. The molecule has 11 amide bonds. The molecule has 12 heterocycles. The second kappa shape index (κ2) is 28.5. The van der Waals surface area contributed by atoms with E-state index in [4.69, 9.17) is 57.0 Å². The van der Waals surface area contributed by atoms with Crippen LogP contribution in [0, 0.1) is 12.3 Å². The normalized spacial score (nSPS) is 24.3. The summed E-state index contributed by atoms with van der Waals surface area (Å²) in [6.45, 7) is 19.6. The first kappa shape index (κ1) is 71.7. The number of rotatable bonds is 6. The molecule has 0 saturated carbocycles. The molecule has 6 atom stereocenters. The van der Waals surface area contributed by atoms with E-state index in [0.717, 1.165) is 87.4 Å². The molecule has 12 aliphatic heterocycles. The average molecular weight is 1430 g/mol. The highest BCUT2D eigenvalue weighted by Crippen LogP contribution is 2.39. The van der Waals surface area contributed by atoms with Crippen LogP contribution >= 0.6 is 23.2 Å². The molecule has 6 unspecified atom stereocenters. The number of oxime groups is 6. The quantitative estimate of drug-likeness (QED) is 0.128. The van der Waals surface area contributed by atoms with E-state index in [1.165, 1.54) is 20.9 Å². The molecule has 530 valence electrons. The minimum atomic E-state index is -1.26. The summed E-state index contributed by atoms with van der Waals surface area (Å²) in [5.41, 5.74) is 10.0. The summed E-state index contributed by atoms with van der Waals surface area (Å²) in [6.07, 6.45) is 0.594. The first-order chi connectivity index (χ1) is 47.8. The summed E-state index contributed by atoms with van der Waals surface area (Å²) in [7, 11) is 1.36. The third kappa shape index (κ3) is 14.6. The van der Waals surface area contributed by atoms with Gasteiger partial charge in [-0.05, 0) is 135 Å². The molecule has 2 fully saturated rings. The smallest absolute Gasteiger partial charge is 0.420 e. The Morgan fingerprint density at radius 1 is 0.416 bits per heavy atom. The summed E-state index contributed by atoms with van der Waals surface area (Å²) in [4.78, 5) is 160. The Kier molecular flexibility index (Phi) is 20.3. The second-order valence-corrected chi connectivity index (χ2v) is 27.5. The van der Waals surface area contributed by atoms with Gasteiger partial charge in [0.15, 0.2) is 5.60 Å². The minimum absolute atomic E-state index is 0.0390. The Bertz CT molecular complexity index is 4260. The van der Waals surface area contributed by atoms with Gasteiger partial charge in [0.05, 0.1) is 76.2 Å². The summed E-state index contributed by atoms with van der Waals surface area (Å²) in [6, 6.07) is 23.2. The van der Waals surface area contributed by atoms with Crippen LogP contribution in [0.15, 0.2) is 110 Å². The molecule has 4 aromatic rings. The summed E-state index contributed by atoms with van der Waals surface area (Å²) in [5.74, 6) is -1.92. The third-order valence-corrected chi connectivity index (χ3v) is 18.2. The number of imide groups is 4. The number of amides is 11. The number of aryl methyl sites for hydroxylation is 1. The zero-order chi connectivity index (χ0) is 72.8. The second-order valence-electron chi connectivity index (χ2n) is 26.6. The SMILES string of the molecule is CC1=NOC(N2C(=O)Cc3ccc(Cl)cc32)C1.CC1=NOC(N2C(=O)Cc3ccc(Cl)cc32)C1.CC1=NOC(N2C(=O)N(C)C(=O)C(C)(C)C2=O)C1.CC1=NOC(N2C(=O)OC(C)(C)C2=O)C1.CC1=NOC(N2C(=O)c3ccc(C)cc3C2=O)C1.CC1=NOC(N2Cc3ccccc3C2=O)C1. The summed E-state index contributed by atoms with van der Waals surface area (Å²) >= 11 is 11.9. The van der Waals surface area contributed by atoms with Crippen molar-refractivity contribution in [1.29, 1.82) is 0 Å². The van der Waals surface area contributed by atoms with Crippen molar-refractivity contribution in [3.63, 3.8) is 0 Å². The molecule has 30 nitrogen and oxygen atoms in total. The molecule has 32 heteroatoms. The van der Waals surface area contributed by atoms with E-state index in [9.17, 15) is 47.9 Å². The van der Waals surface area contributed by atoms with Crippen molar-refractivity contribution in [1.82, 2.24) is 24.5 Å². The van der Waals surface area contributed by atoms with E-state index in [2.05, 4.69) is 30.9 Å². The van der Waals surface area contributed by atoms with Crippen molar-refractivity contribution in [2.75, 3.05) is 16.8 Å². The van der Waals surface area contributed by atoms with E-state index in [-0.39, 0.29) is 54.1 Å². The van der Waals surface area contributed by atoms with Gasteiger partial charge in [0.1, 0.15) is 5.41 Å². The molecular weight excluding hydrogens is 1350 g/mol. The molecule has 0 aromatic heterocycles. The van der Waals surface area contributed by atoms with Gasteiger partial charge < -0.3 is 33.8 Å². The van der Waals surface area contributed by atoms with E-state index >= 15 is 0 Å². The van der Waals surface area contributed by atoms with Crippen molar-refractivity contribution in [3.05, 3.63) is 128 Å². The first-order valence-corrected chi connectivity index (χ1v) is 33.0. The lowest BCUT2D eigenvalue weighted by atomic mass is 9.87. The molecular formula is C69H73Cl2N13O17. The van der Waals surface area contributed by atoms with Crippen molar-refractivity contribution >= 4 is 128 Å². The molecule has 101 heavy (non-hydrogen) atoms. The Labute approximate surface area is 589 Å². The van der Waals surface area contributed by atoms with Gasteiger partial charge in [0.2, 0.25) is 61.0 Å². The molecule has 12 aliphatic rings. The van der Waals surface area contributed by atoms with Crippen LogP contribution in [0.1, 0.15) is 161 Å². The van der Waals surface area contributed by atoms with E-state index in [1.807, 2.05) is 77.1 Å². The lowest BCUT2D eigenvalue weighted by Crippen LogP contribution is -2.64. The Morgan fingerprint density at radius 2 is 0.832 bits per heavy atom. The Hall–Kier alpha value is -10.6. The zero-order valence-corrected chi connectivity index (χ0v) is 58.9. The Balaban J connectivity index is 0.000000122. The number of nitrogens with zero attached hydrogens (tertiary/aromatic N) is 13. The summed E-state index contributed by atoms with van der Waals surface area (Å²) < 4.78 is 4.93. The number of fused-ring (bicyclic) bond motifs is 4. The van der Waals surface area contributed by atoms with Gasteiger partial charge >= 0.3 is 12.1 Å². The van der Waals surface area contributed by atoms with Crippen LogP contribution in [0.2, 0.25) is 10.0 Å². The predicted molar refractivity (Wildman–Crippen MR) is 365 cm³/mol. The topological polar surface area (TPSA) is 332 Å². The van der Waals surface area contributed by atoms with Crippen LogP contribution in [0.3, 0.4) is 0 Å². The van der Waals surface area contributed by atoms with Crippen LogP contribution in [0.4, 0.5) is 21.0 Å². The van der Waals surface area contributed by atoms with Crippen LogP contribution in [-0.2, 0) is 77.1 Å². The minimum Gasteiger partial charge on any atom is -0.433 e. The fourth-order valence-corrected chi connectivity index (χ4v) is 12.8. The maximum Gasteiger partial charge on any atom is 0.420 e. The molecule has 0 spiro atoms. The molecule has 0 aliphatic carbocycles. The van der Waals surface area contributed by atoms with Gasteiger partial charge in [-0.25, -0.2) is 24.3 Å². The van der Waals surface area contributed by atoms with Crippen molar-refractivity contribution in [2.24, 2.45) is 36.3 Å². The number of benzene rings is 4. The lowest BCUT2D eigenvalue weighted by Gasteiger charge is -2.40. The van der Waals surface area contributed by atoms with Gasteiger partial charge in [-0.2, -0.15) is 0 Å². The monoisotopic (exact) mass is 1430 g/mol. The maximum absolute atomic E-state index is 12.2. The van der Waals surface area contributed by atoms with Crippen LogP contribution in [0.25, 0.3) is 0 Å². The molecule has 4 aromatic carbocycles. The number of anilines is 2. The number of urea groups is 1. The van der Waals surface area contributed by atoms with Gasteiger partial charge in [0.25, 0.3) is 23.6 Å². The third-order valence-electron chi connectivity index (χ3n) is 17.7. The Morgan fingerprint density at radius 3 is 1.26 bits per heavy atom. The zero-order valence-electron chi connectivity index (χ0n) is 57.3. The highest BCUT2D eigenvalue weighted by molar-refractivity contribution is 6.31. The number of hydrogen-bond acceptors (Lipinski definition) is 23. The molecule has 16 rings (SSSR count). The number of halogens is 2. The van der Waals surface area contributed by atoms with Crippen molar-refractivity contribution in [3.8, 4) is 0 Å². The number of barbiturate groups is 1. The largest absolute Gasteiger partial charge is 0.433 e. The molecule has 0 bridgehead atoms. The van der Waals surface area contributed by atoms with Gasteiger partial charge in [-0.3, -0.25) is 58.0 Å². The van der Waals surface area contributed by atoms with Crippen LogP contribution in [0.5, 0.6) is 0 Å². The number of ether oxygens (including phenoxy) is 1. The average Bonchev–Trinajstić information content (AvgIpc) is 1.76. The van der Waals surface area contributed by atoms with Gasteiger partial charge in [0, 0.05) is 61.2 Å². The lowest BCUT2D eigenvalue weighted by molar-refractivity contribution is -0.163. The van der Waals surface area contributed by atoms with Gasteiger partial charge in [-0.1, -0.05) is 96.1 Å². The van der Waals surface area contributed by atoms with Crippen LogP contribution in [-0.4, -0.2) is 168 Å². The number of carbonyl (C=O) groups is 10. The van der Waals surface area contributed by atoms with Crippen molar-refractivity contribution in [2.45, 2.75) is 177 Å². The maximum atomic E-state index is 12.2. The number of carbonyl (C=O) groups excluding carboxylic acids is 10. The molecule has 0 N–H and O–H groups in total. The van der Waals surface area contributed by atoms with Gasteiger partial charge in [-0.15, -0.1) is 0 Å². The highest BCUT2D eigenvalue weighted by atomic mass is 35.5. The first-order valence-electron chi connectivity index (χ1n) is 32.3. The predicted octanol–water partition coefficient (Wildman–Crippen LogP) is 9.60. The van der Waals surface area contributed by atoms with E-state index < -0.39 is 53.6 Å². The fourth-order valence-electron chi connectivity index (χ4n) is 12.4. The standard InChI is InChI=1S/C13H12N2O3.2C12H11ClN2O2.C12H12N2O2.C11H15N3O4.C9H12N2O4/c1-7-3-4-9-10(5-7)13(17)15(12(9)16)11-6-8(2)14-18-11;2*1-7-4-12(17-14-7)15-10-6-9(13)3-2-8(10)5-11(15)16;1-8-6-11(16-13-8)14-7-9-4-2-3-5-10(9)12(14)15;1-6-5-7(18-12-6)14-9(16)11(2,3)8(15)13(4)10(14)17;1-5-4-6(15-10-5)11-7(12)9(2,3)14-8(11)13/h3-5,11H,6H2,1-2H3;2*2-3,6,12H,4-5H2,1H3;2-5,11H,6-7H2,1H3;7H,5H2,1-4H3;6H,4H2,1-3H3. The number of cyclic esters (lactones) is 1. The van der Waals surface area contributed by atoms with E-state index in [0.29, 0.717) is 84.8 Å². The van der Waals surface area contributed by atoms with Crippen molar-refractivity contribution < 1.29 is 81.7 Å². The van der Waals surface area contributed by atoms with E-state index in [1.54, 1.807) is 78.8 Å². The fraction of sp³-hybridized carbons (Fsp3) is 0.420. The summed E-state index contributed by atoms with van der Waals surface area (Å²) in [5, 5.41) is 24.1. The molecule has 2 saturated heterocycles. The van der Waals surface area contributed by atoms with Crippen LogP contribution < -0.4 is 9.80 Å². The molecule has 0 radical (unpaired) electrons.